The summed E-state index contributed by atoms with van der Waals surface area (Å²) in [6.07, 6.45) is 0. The molecule has 11 heavy (non-hydrogen) atoms. The molecule has 70 valence electrons. The lowest BCUT2D eigenvalue weighted by atomic mass is 10.8. The van der Waals surface area contributed by atoms with Crippen molar-refractivity contribution in [3.05, 3.63) is 0 Å². The van der Waals surface area contributed by atoms with E-state index in [0.29, 0.717) is 13.2 Å². The van der Waals surface area contributed by atoms with Crippen molar-refractivity contribution >= 4 is 5.97 Å². The van der Waals surface area contributed by atoms with Crippen LogP contribution in [-0.2, 0) is 9.53 Å². The van der Waals surface area contributed by atoms with Gasteiger partial charge in [0.05, 0.1) is 13.2 Å². The Morgan fingerprint density at radius 3 is 2.00 bits per heavy atom. The molecule has 0 unspecified atom stereocenters. The van der Waals surface area contributed by atoms with Crippen LogP contribution in [0.5, 0.6) is 0 Å². The van der Waals surface area contributed by atoms with Crippen molar-refractivity contribution in [2.45, 2.75) is 13.8 Å². The normalized spacial score (nSPS) is 6.91. The van der Waals surface area contributed by atoms with Gasteiger partial charge in [0.15, 0.2) is 0 Å². The second-order valence-electron chi connectivity index (χ2n) is 1.44. The average Bonchev–Trinajstić information content (AvgIpc) is 1.89. The highest BCUT2D eigenvalue weighted by Gasteiger charge is 1.81. The van der Waals surface area contributed by atoms with E-state index in [-0.39, 0.29) is 18.1 Å². The summed E-state index contributed by atoms with van der Waals surface area (Å²) in [5, 5.41) is 7.75. The standard InChI is InChI=1S/C4H8O2.C2H7NO.H2O/c1-3-6-4(2)5;3-1-2-4;/h3H2,1-2H3;4H,1-3H2;1H2. The van der Waals surface area contributed by atoms with Crippen molar-refractivity contribution in [3.63, 3.8) is 0 Å². The topological polar surface area (TPSA) is 104 Å². The molecule has 5 N–H and O–H groups in total. The largest absolute Gasteiger partial charge is 0.466 e. The Morgan fingerprint density at radius 2 is 2.00 bits per heavy atom. The molecule has 0 saturated heterocycles. The molecule has 0 rings (SSSR count). The third-order valence-electron chi connectivity index (χ3n) is 0.477. The second kappa shape index (κ2) is 16.2. The van der Waals surface area contributed by atoms with Crippen LogP contribution in [0.4, 0.5) is 0 Å². The van der Waals surface area contributed by atoms with Gasteiger partial charge in [-0.15, -0.1) is 0 Å². The summed E-state index contributed by atoms with van der Waals surface area (Å²) < 4.78 is 4.40. The van der Waals surface area contributed by atoms with Gasteiger partial charge >= 0.3 is 5.97 Å². The van der Waals surface area contributed by atoms with Crippen LogP contribution in [0.15, 0.2) is 0 Å². The zero-order chi connectivity index (χ0) is 8.41. The maximum Gasteiger partial charge on any atom is 0.302 e. The first-order chi connectivity index (χ1) is 4.68. The van der Waals surface area contributed by atoms with Gasteiger partial charge in [-0.2, -0.15) is 0 Å². The predicted molar refractivity (Wildman–Crippen MR) is 42.1 cm³/mol. The van der Waals surface area contributed by atoms with E-state index in [9.17, 15) is 4.79 Å². The molecular formula is C6H17NO4. The fourth-order valence-electron chi connectivity index (χ4n) is 0.203. The molecule has 0 aromatic rings. The van der Waals surface area contributed by atoms with E-state index in [1.54, 1.807) is 6.92 Å². The molecular weight excluding hydrogens is 150 g/mol. The van der Waals surface area contributed by atoms with Crippen molar-refractivity contribution < 1.29 is 20.1 Å². The maximum atomic E-state index is 9.82. The summed E-state index contributed by atoms with van der Waals surface area (Å²) in [6.45, 7) is 4.13. The molecule has 0 aliphatic rings. The number of rotatable bonds is 2. The highest BCUT2D eigenvalue weighted by Crippen LogP contribution is 1.69. The van der Waals surface area contributed by atoms with Crippen LogP contribution in [0.25, 0.3) is 0 Å². The highest BCUT2D eigenvalue weighted by molar-refractivity contribution is 5.65. The van der Waals surface area contributed by atoms with Crippen LogP contribution in [0.2, 0.25) is 0 Å². The monoisotopic (exact) mass is 167 g/mol. The highest BCUT2D eigenvalue weighted by atomic mass is 16.5. The average molecular weight is 167 g/mol. The number of carbonyl (C=O) groups excluding carboxylic acids is 1. The molecule has 0 radical (unpaired) electrons. The lowest BCUT2D eigenvalue weighted by Crippen LogP contribution is -2.02. The van der Waals surface area contributed by atoms with Crippen molar-refractivity contribution in [1.29, 1.82) is 0 Å². The van der Waals surface area contributed by atoms with E-state index in [2.05, 4.69) is 4.74 Å². The molecule has 0 fully saturated rings. The van der Waals surface area contributed by atoms with Gasteiger partial charge in [0.25, 0.3) is 0 Å². The molecule has 0 aliphatic heterocycles. The number of nitrogens with two attached hydrogens (primary N) is 1. The first-order valence-corrected chi connectivity index (χ1v) is 3.13. The van der Waals surface area contributed by atoms with Crippen LogP contribution >= 0.6 is 0 Å². The molecule has 0 bridgehead atoms. The minimum Gasteiger partial charge on any atom is -0.466 e. The summed E-state index contributed by atoms with van der Waals surface area (Å²) in [5.41, 5.74) is 4.78. The first-order valence-electron chi connectivity index (χ1n) is 3.13. The lowest BCUT2D eigenvalue weighted by molar-refractivity contribution is -0.140. The number of esters is 1. The molecule has 5 nitrogen and oxygen atoms in total. The third-order valence-corrected chi connectivity index (χ3v) is 0.477. The number of aliphatic hydroxyl groups is 1. The molecule has 0 aliphatic carbocycles. The van der Waals surface area contributed by atoms with Crippen molar-refractivity contribution in [2.75, 3.05) is 19.8 Å². The molecule has 0 aromatic carbocycles. The Bertz CT molecular complexity index is 75.0. The molecule has 0 heterocycles. The summed E-state index contributed by atoms with van der Waals surface area (Å²) in [4.78, 5) is 9.82. The molecule has 0 aromatic heterocycles. The van der Waals surface area contributed by atoms with Gasteiger partial charge in [-0.05, 0) is 6.92 Å². The van der Waals surface area contributed by atoms with E-state index in [1.807, 2.05) is 0 Å². The zero-order valence-corrected chi connectivity index (χ0v) is 6.96. The Morgan fingerprint density at radius 1 is 1.64 bits per heavy atom. The number of hydrogen-bond acceptors (Lipinski definition) is 4. The van der Waals surface area contributed by atoms with Gasteiger partial charge in [0.1, 0.15) is 0 Å². The van der Waals surface area contributed by atoms with E-state index < -0.39 is 0 Å². The number of aliphatic hydroxyl groups excluding tert-OH is 1. The van der Waals surface area contributed by atoms with E-state index in [4.69, 9.17) is 10.8 Å². The smallest absolute Gasteiger partial charge is 0.302 e. The van der Waals surface area contributed by atoms with Crippen LogP contribution in [0.1, 0.15) is 13.8 Å². The van der Waals surface area contributed by atoms with Gasteiger partial charge in [-0.25, -0.2) is 0 Å². The van der Waals surface area contributed by atoms with Gasteiger partial charge in [-0.1, -0.05) is 0 Å². The molecule has 0 amide bonds. The van der Waals surface area contributed by atoms with Gasteiger partial charge in [0.2, 0.25) is 0 Å². The minimum absolute atomic E-state index is 0. The van der Waals surface area contributed by atoms with E-state index in [0.717, 1.165) is 0 Å². The summed E-state index contributed by atoms with van der Waals surface area (Å²) in [5.74, 6) is -0.211. The van der Waals surface area contributed by atoms with Crippen LogP contribution < -0.4 is 5.73 Å². The fraction of sp³-hybridized carbons (Fsp3) is 0.833. The number of carbonyl (C=O) groups is 1. The molecule has 0 spiro atoms. The third kappa shape index (κ3) is 45.0. The predicted octanol–water partition coefficient (Wildman–Crippen LogP) is -1.32. The number of ether oxygens (including phenoxy) is 1. The van der Waals surface area contributed by atoms with Gasteiger partial charge in [-0.3, -0.25) is 4.79 Å². The Kier molecular flexibility index (Phi) is 24.6. The Balaban J connectivity index is -0.000000114. The van der Waals surface area contributed by atoms with Crippen molar-refractivity contribution in [1.82, 2.24) is 0 Å². The SMILES string of the molecule is CCOC(C)=O.NCCO.O. The van der Waals surface area contributed by atoms with Crippen LogP contribution in [0.3, 0.4) is 0 Å². The maximum absolute atomic E-state index is 9.82. The zero-order valence-electron chi connectivity index (χ0n) is 6.96. The van der Waals surface area contributed by atoms with Crippen molar-refractivity contribution in [3.8, 4) is 0 Å². The van der Waals surface area contributed by atoms with E-state index in [1.165, 1.54) is 6.92 Å². The molecule has 5 heteroatoms. The van der Waals surface area contributed by atoms with Crippen LogP contribution in [-0.4, -0.2) is 36.3 Å². The summed E-state index contributed by atoms with van der Waals surface area (Å²) >= 11 is 0. The Hall–Kier alpha value is -0.650. The minimum atomic E-state index is -0.211. The van der Waals surface area contributed by atoms with E-state index >= 15 is 0 Å². The quantitative estimate of drug-likeness (QED) is 0.498. The van der Waals surface area contributed by atoms with Crippen molar-refractivity contribution in [2.24, 2.45) is 5.73 Å². The Labute approximate surface area is 66.5 Å². The second-order valence-corrected chi connectivity index (χ2v) is 1.44. The van der Waals surface area contributed by atoms with Crippen LogP contribution in [0, 0.1) is 0 Å². The molecule has 0 atom stereocenters. The fourth-order valence-corrected chi connectivity index (χ4v) is 0.203. The molecule has 0 saturated carbocycles. The first kappa shape index (κ1) is 16.7. The van der Waals surface area contributed by atoms with Gasteiger partial charge < -0.3 is 21.1 Å². The van der Waals surface area contributed by atoms with Gasteiger partial charge in [0, 0.05) is 13.5 Å². The summed E-state index contributed by atoms with van der Waals surface area (Å²) in [6, 6.07) is 0. The number of hydrogen-bond donors (Lipinski definition) is 2. The lowest BCUT2D eigenvalue weighted by Gasteiger charge is -1.89. The summed E-state index contributed by atoms with van der Waals surface area (Å²) in [7, 11) is 0.